The molecule has 1 unspecified atom stereocenters. The Morgan fingerprint density at radius 2 is 1.81 bits per heavy atom. The van der Waals surface area contributed by atoms with Crippen LogP contribution in [-0.4, -0.2) is 56.2 Å². The number of carbonyl (C=O) groups is 1. The fourth-order valence-electron chi connectivity index (χ4n) is 1.21. The van der Waals surface area contributed by atoms with Crippen molar-refractivity contribution in [2.24, 2.45) is 0 Å². The fourth-order valence-corrected chi connectivity index (χ4v) is 4.84. The summed E-state index contributed by atoms with van der Waals surface area (Å²) < 4.78 is 64.1. The summed E-state index contributed by atoms with van der Waals surface area (Å²) in [5.74, 6) is -0.427. The van der Waals surface area contributed by atoms with Crippen LogP contribution >= 0.6 is 32.0 Å². The van der Waals surface area contributed by atoms with E-state index in [2.05, 4.69) is 17.0 Å². The van der Waals surface area contributed by atoms with Crippen LogP contribution in [0.25, 0.3) is 0 Å². The van der Waals surface area contributed by atoms with Gasteiger partial charge in [0, 0.05) is 0 Å². The molecule has 0 radical (unpaired) electrons. The first-order chi connectivity index (χ1) is 9.45. The van der Waals surface area contributed by atoms with Crippen molar-refractivity contribution in [2.45, 2.75) is 22.5 Å². The summed E-state index contributed by atoms with van der Waals surface area (Å²) in [6.45, 7) is 0.996. The van der Waals surface area contributed by atoms with Gasteiger partial charge in [-0.3, -0.25) is 0 Å². The number of rotatable bonds is 8. The number of alkyl halides is 5. The van der Waals surface area contributed by atoms with E-state index in [4.69, 9.17) is 9.29 Å². The van der Waals surface area contributed by atoms with Crippen LogP contribution in [0.4, 0.5) is 8.78 Å². The summed E-state index contributed by atoms with van der Waals surface area (Å²) >= 11 is 2.68. The molecule has 0 saturated heterocycles. The summed E-state index contributed by atoms with van der Waals surface area (Å²) in [6.07, 6.45) is 0.636. The maximum absolute atomic E-state index is 13.0. The first kappa shape index (κ1) is 20.9. The van der Waals surface area contributed by atoms with Gasteiger partial charge in [-0.05, 0) is 0 Å². The third kappa shape index (κ3) is 6.24. The maximum atomic E-state index is 13.0. The van der Waals surface area contributed by atoms with Crippen molar-refractivity contribution >= 4 is 53.2 Å². The molecule has 0 heterocycles. The number of ether oxygens (including phenoxy) is 2. The molecule has 11 heteroatoms. The number of thiocarbonyl (C=S) groups is 1. The van der Waals surface area contributed by atoms with Crippen LogP contribution in [0.15, 0.2) is 0 Å². The summed E-state index contributed by atoms with van der Waals surface area (Å²) in [7, 11) is -5.68. The van der Waals surface area contributed by atoms with Gasteiger partial charge in [-0.1, -0.05) is 0 Å². The Balaban J connectivity index is 4.29. The Morgan fingerprint density at radius 3 is 2.19 bits per heavy atom. The second-order valence-electron chi connectivity index (χ2n) is 3.99. The fraction of sp³-hybridized carbons (Fsp3) is 0.800. The van der Waals surface area contributed by atoms with Crippen molar-refractivity contribution in [3.05, 3.63) is 0 Å². The zero-order valence-corrected chi connectivity index (χ0v) is 15.4. The average molecular weight is 462 g/mol. The predicted octanol–water partition coefficient (Wildman–Crippen LogP) is 1.90. The predicted molar refractivity (Wildman–Crippen MR) is 86.0 cm³/mol. The molecule has 21 heavy (non-hydrogen) atoms. The monoisotopic (exact) mass is 462 g/mol. The van der Waals surface area contributed by atoms with E-state index >= 15 is 0 Å². The Bertz CT molecular complexity index is 480. The minimum absolute atomic E-state index is 0.166. The van der Waals surface area contributed by atoms with Crippen LogP contribution in [0.2, 0.25) is 0 Å². The standard InChI is InChI=1S/C10H17F2IO6S2/c1-4-7(13(2)3)8(14)18-5-6-19-9(20)10(11,12)21(15,16)17/h7H,4-6H2,1-3H3,(H,15,16,17). The first-order valence-electron chi connectivity index (χ1n) is 5.62. The Morgan fingerprint density at radius 1 is 1.33 bits per heavy atom. The van der Waals surface area contributed by atoms with Crippen LogP contribution < -0.4 is 0 Å². The molecule has 126 valence electrons. The van der Waals surface area contributed by atoms with Crippen molar-refractivity contribution in [1.82, 2.24) is 0 Å². The van der Waals surface area contributed by atoms with E-state index in [1.807, 2.05) is 16.8 Å². The molecule has 0 spiro atoms. The molecule has 0 aliphatic rings. The SMILES string of the molecule is CCC(C(=O)OCCOC(=S)C(F)(F)S(=O)(=O)O)I(C)C. The van der Waals surface area contributed by atoms with Gasteiger partial charge in [0.25, 0.3) is 0 Å². The molecular formula is C10H17F2IO6S2. The normalized spacial score (nSPS) is 14.3. The Labute approximate surface area is 134 Å². The van der Waals surface area contributed by atoms with E-state index in [1.54, 1.807) is 0 Å². The van der Waals surface area contributed by atoms with Gasteiger partial charge in [-0.25, -0.2) is 0 Å². The summed E-state index contributed by atoms with van der Waals surface area (Å²) in [6, 6.07) is 0. The van der Waals surface area contributed by atoms with E-state index in [0.717, 1.165) is 0 Å². The molecule has 1 atom stereocenters. The van der Waals surface area contributed by atoms with Crippen LogP contribution in [-0.2, 0) is 24.4 Å². The molecule has 0 aromatic rings. The first-order valence-corrected chi connectivity index (χ1v) is 13.0. The summed E-state index contributed by atoms with van der Waals surface area (Å²) in [5, 5.41) is -6.27. The van der Waals surface area contributed by atoms with E-state index in [1.165, 1.54) is 0 Å². The molecule has 1 N–H and O–H groups in total. The van der Waals surface area contributed by atoms with Gasteiger partial charge < -0.3 is 0 Å². The van der Waals surface area contributed by atoms with Gasteiger partial charge in [-0.15, -0.1) is 0 Å². The molecule has 0 aliphatic carbocycles. The third-order valence-corrected chi connectivity index (χ3v) is 8.00. The van der Waals surface area contributed by atoms with Crippen molar-refractivity contribution in [1.29, 1.82) is 0 Å². The van der Waals surface area contributed by atoms with E-state index in [0.29, 0.717) is 6.42 Å². The molecule has 0 fully saturated rings. The average Bonchev–Trinajstić information content (AvgIpc) is 2.33. The molecule has 0 aromatic heterocycles. The number of hydrogen-bond donors (Lipinski definition) is 1. The second kappa shape index (κ2) is 8.48. The number of halogens is 3. The van der Waals surface area contributed by atoms with Gasteiger partial charge in [-0.2, -0.15) is 0 Å². The summed E-state index contributed by atoms with van der Waals surface area (Å²) in [4.78, 5) is 15.7. The molecule has 6 nitrogen and oxygen atoms in total. The second-order valence-corrected chi connectivity index (χ2v) is 12.0. The molecule has 0 bridgehead atoms. The number of hydrogen-bond acceptors (Lipinski definition) is 6. The van der Waals surface area contributed by atoms with E-state index < -0.39 is 52.8 Å². The van der Waals surface area contributed by atoms with Crippen LogP contribution in [0, 0.1) is 0 Å². The zero-order chi connectivity index (χ0) is 16.8. The van der Waals surface area contributed by atoms with Crippen LogP contribution in [0.3, 0.4) is 0 Å². The van der Waals surface area contributed by atoms with Crippen molar-refractivity contribution in [3.8, 4) is 0 Å². The van der Waals surface area contributed by atoms with E-state index in [9.17, 15) is 22.0 Å². The van der Waals surface area contributed by atoms with Crippen LogP contribution in [0.1, 0.15) is 13.3 Å². The molecule has 0 aliphatic heterocycles. The third-order valence-electron chi connectivity index (χ3n) is 2.26. The minimum atomic E-state index is -5.68. The topological polar surface area (TPSA) is 89.9 Å². The molecule has 0 rings (SSSR count). The Kier molecular flexibility index (Phi) is 8.42. The van der Waals surface area contributed by atoms with Gasteiger partial charge in [0.15, 0.2) is 0 Å². The van der Waals surface area contributed by atoms with Gasteiger partial charge in [0.2, 0.25) is 0 Å². The van der Waals surface area contributed by atoms with Crippen LogP contribution in [0.5, 0.6) is 0 Å². The molecule has 0 saturated carbocycles. The molecule has 0 amide bonds. The summed E-state index contributed by atoms with van der Waals surface area (Å²) in [5.41, 5.74) is 0. The van der Waals surface area contributed by atoms with Gasteiger partial charge >= 0.3 is 135 Å². The van der Waals surface area contributed by atoms with Crippen molar-refractivity contribution < 1.29 is 36.0 Å². The van der Waals surface area contributed by atoms with E-state index in [-0.39, 0.29) is 10.5 Å². The van der Waals surface area contributed by atoms with Crippen molar-refractivity contribution in [3.63, 3.8) is 0 Å². The molecular weight excluding hydrogens is 445 g/mol. The number of esters is 1. The Hall–Kier alpha value is -0.140. The number of carbonyl (C=O) groups excluding carboxylic acids is 1. The zero-order valence-electron chi connectivity index (χ0n) is 11.6. The quantitative estimate of drug-likeness (QED) is 0.147. The molecule has 0 aromatic carbocycles. The van der Waals surface area contributed by atoms with Crippen molar-refractivity contribution in [2.75, 3.05) is 23.1 Å². The van der Waals surface area contributed by atoms with Gasteiger partial charge in [0.1, 0.15) is 0 Å². The van der Waals surface area contributed by atoms with Gasteiger partial charge in [0.05, 0.1) is 0 Å².